The Morgan fingerprint density at radius 3 is 2.65 bits per heavy atom. The van der Waals surface area contributed by atoms with Crippen LogP contribution < -0.4 is 5.32 Å². The van der Waals surface area contributed by atoms with Crippen LogP contribution in [0.4, 0.5) is 0 Å². The van der Waals surface area contributed by atoms with E-state index >= 15 is 0 Å². The third-order valence-electron chi connectivity index (χ3n) is 3.16. The normalized spacial score (nSPS) is 12.2. The second kappa shape index (κ2) is 4.79. The number of benzene rings is 1. The van der Waals surface area contributed by atoms with Crippen LogP contribution in [-0.4, -0.2) is 13.6 Å². The molecule has 0 saturated carbocycles. The molecule has 0 aliphatic rings. The first kappa shape index (κ1) is 12.6. The molecule has 0 spiro atoms. The number of nitrogens with one attached hydrogen (secondary N) is 1. The Labute approximate surface area is 108 Å². The fraction of sp³-hybridized carbons (Fsp3) is 0.467. The minimum atomic E-state index is 0.233. The van der Waals surface area contributed by atoms with E-state index in [1.165, 1.54) is 21.2 Å². The van der Waals surface area contributed by atoms with E-state index in [0.717, 1.165) is 13.0 Å². The van der Waals surface area contributed by atoms with Crippen LogP contribution >= 0.6 is 11.3 Å². The fourth-order valence-electron chi connectivity index (χ4n) is 2.00. The number of likely N-dealkylation sites (N-methyl/N-ethyl adjacent to an activating group) is 1. The van der Waals surface area contributed by atoms with Gasteiger partial charge in [-0.2, -0.15) is 0 Å². The van der Waals surface area contributed by atoms with Crippen LogP contribution in [0.3, 0.4) is 0 Å². The quantitative estimate of drug-likeness (QED) is 0.865. The standard InChI is InChI=1S/C15H21NS/c1-15(2,3)12-5-6-14-13(9-12)11(10-17-14)7-8-16-4/h5-6,9-10,16H,7-8H2,1-4H3. The van der Waals surface area contributed by atoms with Crippen molar-refractivity contribution in [2.45, 2.75) is 32.6 Å². The molecule has 0 amide bonds. The van der Waals surface area contributed by atoms with E-state index in [0.29, 0.717) is 0 Å². The maximum absolute atomic E-state index is 3.22. The molecule has 1 aromatic carbocycles. The molecule has 0 bridgehead atoms. The molecule has 17 heavy (non-hydrogen) atoms. The van der Waals surface area contributed by atoms with Crippen molar-refractivity contribution in [1.29, 1.82) is 0 Å². The third kappa shape index (κ3) is 2.70. The van der Waals surface area contributed by atoms with Gasteiger partial charge in [-0.05, 0) is 59.5 Å². The first-order chi connectivity index (χ1) is 8.02. The fourth-order valence-corrected chi connectivity index (χ4v) is 2.98. The average Bonchev–Trinajstić information content (AvgIpc) is 2.67. The largest absolute Gasteiger partial charge is 0.319 e. The summed E-state index contributed by atoms with van der Waals surface area (Å²) in [4.78, 5) is 0. The topological polar surface area (TPSA) is 12.0 Å². The monoisotopic (exact) mass is 247 g/mol. The summed E-state index contributed by atoms with van der Waals surface area (Å²) in [7, 11) is 2.01. The molecule has 0 aliphatic carbocycles. The smallest absolute Gasteiger partial charge is 0.0345 e. The van der Waals surface area contributed by atoms with Crippen molar-refractivity contribution in [3.8, 4) is 0 Å². The molecule has 92 valence electrons. The lowest BCUT2D eigenvalue weighted by Gasteiger charge is -2.19. The molecule has 1 heterocycles. The molecule has 0 fully saturated rings. The van der Waals surface area contributed by atoms with E-state index in [1.807, 2.05) is 18.4 Å². The lowest BCUT2D eigenvalue weighted by molar-refractivity contribution is 0.591. The highest BCUT2D eigenvalue weighted by Gasteiger charge is 2.15. The van der Waals surface area contributed by atoms with Crippen LogP contribution in [0.15, 0.2) is 23.6 Å². The number of thiophene rings is 1. The Bertz CT molecular complexity index is 505. The highest BCUT2D eigenvalue weighted by molar-refractivity contribution is 7.17. The van der Waals surface area contributed by atoms with Crippen molar-refractivity contribution in [2.75, 3.05) is 13.6 Å². The number of hydrogen-bond acceptors (Lipinski definition) is 2. The molecule has 1 aromatic heterocycles. The summed E-state index contributed by atoms with van der Waals surface area (Å²) in [5.74, 6) is 0. The van der Waals surface area contributed by atoms with Crippen LogP contribution in [0.2, 0.25) is 0 Å². The molecule has 2 heteroatoms. The Kier molecular flexibility index (Phi) is 3.55. The van der Waals surface area contributed by atoms with Gasteiger partial charge in [-0.25, -0.2) is 0 Å². The van der Waals surface area contributed by atoms with Crippen LogP contribution in [0.25, 0.3) is 10.1 Å². The highest BCUT2D eigenvalue weighted by Crippen LogP contribution is 2.31. The minimum absolute atomic E-state index is 0.233. The Morgan fingerprint density at radius 2 is 2.00 bits per heavy atom. The predicted molar refractivity (Wildman–Crippen MR) is 78.2 cm³/mol. The van der Waals surface area contributed by atoms with Gasteiger partial charge in [0.25, 0.3) is 0 Å². The van der Waals surface area contributed by atoms with Crippen molar-refractivity contribution in [1.82, 2.24) is 5.32 Å². The Balaban J connectivity index is 2.43. The summed E-state index contributed by atoms with van der Waals surface area (Å²) >= 11 is 1.86. The zero-order chi connectivity index (χ0) is 12.5. The summed E-state index contributed by atoms with van der Waals surface area (Å²) in [6.07, 6.45) is 1.12. The van der Waals surface area contributed by atoms with Gasteiger partial charge in [-0.3, -0.25) is 0 Å². The molecular formula is C15H21NS. The third-order valence-corrected chi connectivity index (χ3v) is 4.18. The second-order valence-electron chi connectivity index (χ2n) is 5.58. The lowest BCUT2D eigenvalue weighted by Crippen LogP contribution is -2.11. The van der Waals surface area contributed by atoms with E-state index < -0.39 is 0 Å². The first-order valence-corrected chi connectivity index (χ1v) is 7.05. The number of hydrogen-bond donors (Lipinski definition) is 1. The molecule has 1 N–H and O–H groups in total. The van der Waals surface area contributed by atoms with Crippen molar-refractivity contribution in [3.63, 3.8) is 0 Å². The van der Waals surface area contributed by atoms with Gasteiger partial charge in [-0.1, -0.05) is 26.8 Å². The maximum atomic E-state index is 3.22. The summed E-state index contributed by atoms with van der Waals surface area (Å²) < 4.78 is 1.41. The molecular weight excluding hydrogens is 226 g/mol. The average molecular weight is 247 g/mol. The highest BCUT2D eigenvalue weighted by atomic mass is 32.1. The van der Waals surface area contributed by atoms with Gasteiger partial charge < -0.3 is 5.32 Å². The number of fused-ring (bicyclic) bond motifs is 1. The van der Waals surface area contributed by atoms with Gasteiger partial charge >= 0.3 is 0 Å². The maximum Gasteiger partial charge on any atom is 0.0345 e. The zero-order valence-corrected chi connectivity index (χ0v) is 11.9. The van der Waals surface area contributed by atoms with Gasteiger partial charge in [0, 0.05) is 4.70 Å². The van der Waals surface area contributed by atoms with Crippen LogP contribution in [-0.2, 0) is 11.8 Å². The molecule has 1 nitrogen and oxygen atoms in total. The summed E-state index contributed by atoms with van der Waals surface area (Å²) in [6, 6.07) is 6.90. The van der Waals surface area contributed by atoms with E-state index in [1.54, 1.807) is 0 Å². The van der Waals surface area contributed by atoms with Gasteiger partial charge in [0.15, 0.2) is 0 Å². The molecule has 2 rings (SSSR count). The molecule has 2 aromatic rings. The summed E-state index contributed by atoms with van der Waals surface area (Å²) in [5, 5.41) is 6.96. The SMILES string of the molecule is CNCCc1csc2ccc(C(C)(C)C)cc12. The van der Waals surface area contributed by atoms with E-state index in [9.17, 15) is 0 Å². The summed E-state index contributed by atoms with van der Waals surface area (Å²) in [6.45, 7) is 7.86. The first-order valence-electron chi connectivity index (χ1n) is 6.17. The van der Waals surface area contributed by atoms with Crippen molar-refractivity contribution < 1.29 is 0 Å². The molecule has 0 radical (unpaired) electrons. The van der Waals surface area contributed by atoms with Crippen molar-refractivity contribution in [3.05, 3.63) is 34.7 Å². The summed E-state index contributed by atoms with van der Waals surface area (Å²) in [5.41, 5.74) is 3.13. The van der Waals surface area contributed by atoms with Crippen LogP contribution in [0, 0.1) is 0 Å². The van der Waals surface area contributed by atoms with Gasteiger partial charge in [-0.15, -0.1) is 11.3 Å². The van der Waals surface area contributed by atoms with Crippen molar-refractivity contribution in [2.24, 2.45) is 0 Å². The number of rotatable bonds is 3. The molecule has 0 atom stereocenters. The van der Waals surface area contributed by atoms with Gasteiger partial charge in [0.05, 0.1) is 0 Å². The lowest BCUT2D eigenvalue weighted by atomic mass is 9.86. The van der Waals surface area contributed by atoms with E-state index in [-0.39, 0.29) is 5.41 Å². The van der Waals surface area contributed by atoms with Crippen LogP contribution in [0.5, 0.6) is 0 Å². The van der Waals surface area contributed by atoms with Crippen molar-refractivity contribution >= 4 is 21.4 Å². The van der Waals surface area contributed by atoms with E-state index in [4.69, 9.17) is 0 Å². The molecule has 0 aliphatic heterocycles. The minimum Gasteiger partial charge on any atom is -0.319 e. The van der Waals surface area contributed by atoms with Gasteiger partial charge in [0.2, 0.25) is 0 Å². The Hall–Kier alpha value is -0.860. The second-order valence-corrected chi connectivity index (χ2v) is 6.49. The zero-order valence-electron chi connectivity index (χ0n) is 11.1. The Morgan fingerprint density at radius 1 is 1.24 bits per heavy atom. The molecule has 0 saturated heterocycles. The predicted octanol–water partition coefficient (Wildman–Crippen LogP) is 3.96. The van der Waals surface area contributed by atoms with E-state index in [2.05, 4.69) is 49.7 Å². The molecule has 0 unspecified atom stereocenters. The van der Waals surface area contributed by atoms with Crippen LogP contribution in [0.1, 0.15) is 31.9 Å². The van der Waals surface area contributed by atoms with Gasteiger partial charge in [0.1, 0.15) is 0 Å².